The van der Waals surface area contributed by atoms with Crippen molar-refractivity contribution in [3.63, 3.8) is 0 Å². The standard InChI is InChI=1S/C12H20O/c1-3-10-4-9-5-11(8(10)2)7-12(13)6-9/h9-13H,2-7H2,1H3. The lowest BCUT2D eigenvalue weighted by molar-refractivity contribution is 0.0529. The van der Waals surface area contributed by atoms with E-state index in [4.69, 9.17) is 0 Å². The van der Waals surface area contributed by atoms with E-state index in [1.54, 1.807) is 0 Å². The summed E-state index contributed by atoms with van der Waals surface area (Å²) in [6.45, 7) is 6.47. The fraction of sp³-hybridized carbons (Fsp3) is 0.833. The number of aliphatic hydroxyl groups is 1. The fourth-order valence-corrected chi connectivity index (χ4v) is 3.22. The molecule has 2 saturated carbocycles. The molecule has 4 atom stereocenters. The Morgan fingerprint density at radius 1 is 1.31 bits per heavy atom. The maximum atomic E-state index is 9.65. The van der Waals surface area contributed by atoms with Crippen molar-refractivity contribution < 1.29 is 5.11 Å². The number of hydrogen-bond acceptors (Lipinski definition) is 1. The van der Waals surface area contributed by atoms with E-state index in [0.717, 1.165) is 24.7 Å². The second-order valence-corrected chi connectivity index (χ2v) is 4.84. The molecule has 1 heteroatoms. The Morgan fingerprint density at radius 3 is 2.77 bits per heavy atom. The molecule has 2 aliphatic carbocycles. The lowest BCUT2D eigenvalue weighted by atomic mass is 9.64. The minimum Gasteiger partial charge on any atom is -0.393 e. The Kier molecular flexibility index (Phi) is 2.46. The molecule has 13 heavy (non-hydrogen) atoms. The highest BCUT2D eigenvalue weighted by Gasteiger charge is 2.36. The summed E-state index contributed by atoms with van der Waals surface area (Å²) in [5.74, 6) is 2.16. The zero-order valence-electron chi connectivity index (χ0n) is 8.50. The second-order valence-electron chi connectivity index (χ2n) is 4.84. The third kappa shape index (κ3) is 1.67. The van der Waals surface area contributed by atoms with Crippen LogP contribution in [0.3, 0.4) is 0 Å². The van der Waals surface area contributed by atoms with Crippen molar-refractivity contribution >= 4 is 0 Å². The first-order valence-corrected chi connectivity index (χ1v) is 5.57. The van der Waals surface area contributed by atoms with E-state index < -0.39 is 0 Å². The van der Waals surface area contributed by atoms with Gasteiger partial charge in [-0.05, 0) is 49.9 Å². The number of allylic oxidation sites excluding steroid dienone is 1. The molecule has 0 heterocycles. The van der Waals surface area contributed by atoms with Crippen LogP contribution in [-0.2, 0) is 0 Å². The maximum absolute atomic E-state index is 9.65. The molecule has 0 radical (unpaired) electrons. The SMILES string of the molecule is C=C1C(CC)CC2CC(O)CC1C2. The van der Waals surface area contributed by atoms with Gasteiger partial charge in [-0.15, -0.1) is 0 Å². The highest BCUT2D eigenvalue weighted by atomic mass is 16.3. The molecule has 1 N–H and O–H groups in total. The van der Waals surface area contributed by atoms with Crippen molar-refractivity contribution in [1.82, 2.24) is 0 Å². The average molecular weight is 180 g/mol. The molecule has 0 saturated heterocycles. The first-order valence-electron chi connectivity index (χ1n) is 5.57. The van der Waals surface area contributed by atoms with Crippen molar-refractivity contribution in [3.05, 3.63) is 12.2 Å². The third-order valence-electron chi connectivity index (χ3n) is 3.94. The molecule has 4 unspecified atom stereocenters. The topological polar surface area (TPSA) is 20.2 Å². The zero-order chi connectivity index (χ0) is 9.42. The Bertz CT molecular complexity index is 207. The summed E-state index contributed by atoms with van der Waals surface area (Å²) < 4.78 is 0. The van der Waals surface area contributed by atoms with Gasteiger partial charge < -0.3 is 5.11 Å². The molecule has 74 valence electrons. The van der Waals surface area contributed by atoms with Crippen molar-refractivity contribution in [2.24, 2.45) is 17.8 Å². The van der Waals surface area contributed by atoms with Gasteiger partial charge in [-0.2, -0.15) is 0 Å². The minimum absolute atomic E-state index is 0.0432. The van der Waals surface area contributed by atoms with E-state index in [2.05, 4.69) is 13.5 Å². The molecule has 2 rings (SSSR count). The van der Waals surface area contributed by atoms with Crippen LogP contribution in [0.5, 0.6) is 0 Å². The third-order valence-corrected chi connectivity index (χ3v) is 3.94. The predicted octanol–water partition coefficient (Wildman–Crippen LogP) is 2.75. The molecule has 0 spiro atoms. The molecule has 0 aromatic rings. The Hall–Kier alpha value is -0.300. The van der Waals surface area contributed by atoms with Gasteiger partial charge in [-0.3, -0.25) is 0 Å². The van der Waals surface area contributed by atoms with Crippen molar-refractivity contribution in [2.45, 2.75) is 45.1 Å². The number of rotatable bonds is 1. The molecule has 1 nitrogen and oxygen atoms in total. The molecule has 0 aromatic heterocycles. The molecular weight excluding hydrogens is 160 g/mol. The minimum atomic E-state index is -0.0432. The van der Waals surface area contributed by atoms with Crippen molar-refractivity contribution in [3.8, 4) is 0 Å². The van der Waals surface area contributed by atoms with Gasteiger partial charge in [-0.25, -0.2) is 0 Å². The number of hydrogen-bond donors (Lipinski definition) is 1. The van der Waals surface area contributed by atoms with Crippen LogP contribution in [0.4, 0.5) is 0 Å². The first kappa shape index (κ1) is 9.26. The van der Waals surface area contributed by atoms with Crippen LogP contribution in [0.15, 0.2) is 12.2 Å². The van der Waals surface area contributed by atoms with Gasteiger partial charge in [0.25, 0.3) is 0 Å². The Balaban J connectivity index is 2.09. The molecule has 2 fully saturated rings. The summed E-state index contributed by atoms with van der Waals surface area (Å²) >= 11 is 0. The highest BCUT2D eigenvalue weighted by Crippen LogP contribution is 2.46. The molecule has 0 aliphatic heterocycles. The summed E-state index contributed by atoms with van der Waals surface area (Å²) in [5, 5.41) is 9.65. The van der Waals surface area contributed by atoms with E-state index in [-0.39, 0.29) is 6.10 Å². The van der Waals surface area contributed by atoms with Crippen LogP contribution in [0.25, 0.3) is 0 Å². The fourth-order valence-electron chi connectivity index (χ4n) is 3.22. The Morgan fingerprint density at radius 2 is 2.08 bits per heavy atom. The van der Waals surface area contributed by atoms with Gasteiger partial charge in [0, 0.05) is 0 Å². The average Bonchev–Trinajstić information content (AvgIpc) is 2.10. The molecule has 0 amide bonds. The van der Waals surface area contributed by atoms with Gasteiger partial charge in [-0.1, -0.05) is 19.1 Å². The monoisotopic (exact) mass is 180 g/mol. The van der Waals surface area contributed by atoms with E-state index in [1.165, 1.54) is 24.8 Å². The van der Waals surface area contributed by atoms with Crippen LogP contribution < -0.4 is 0 Å². The van der Waals surface area contributed by atoms with E-state index in [9.17, 15) is 5.11 Å². The van der Waals surface area contributed by atoms with E-state index >= 15 is 0 Å². The van der Waals surface area contributed by atoms with Gasteiger partial charge in [0.15, 0.2) is 0 Å². The maximum Gasteiger partial charge on any atom is 0.0548 e. The quantitative estimate of drug-likeness (QED) is 0.615. The second kappa shape index (κ2) is 3.45. The number of fused-ring (bicyclic) bond motifs is 2. The van der Waals surface area contributed by atoms with Crippen LogP contribution >= 0.6 is 0 Å². The lowest BCUT2D eigenvalue weighted by Gasteiger charge is -2.42. The van der Waals surface area contributed by atoms with E-state index in [0.29, 0.717) is 5.92 Å². The molecule has 2 aliphatic rings. The molecular formula is C12H20O. The molecule has 0 aromatic carbocycles. The largest absolute Gasteiger partial charge is 0.393 e. The van der Waals surface area contributed by atoms with Gasteiger partial charge >= 0.3 is 0 Å². The van der Waals surface area contributed by atoms with Crippen molar-refractivity contribution in [1.29, 1.82) is 0 Å². The summed E-state index contributed by atoms with van der Waals surface area (Å²) in [4.78, 5) is 0. The van der Waals surface area contributed by atoms with Crippen LogP contribution in [0.1, 0.15) is 39.0 Å². The van der Waals surface area contributed by atoms with Crippen LogP contribution in [-0.4, -0.2) is 11.2 Å². The van der Waals surface area contributed by atoms with Crippen molar-refractivity contribution in [2.75, 3.05) is 0 Å². The molecule has 2 bridgehead atoms. The van der Waals surface area contributed by atoms with Gasteiger partial charge in [0.1, 0.15) is 0 Å². The Labute approximate surface area is 80.8 Å². The summed E-state index contributed by atoms with van der Waals surface area (Å²) in [6.07, 6.45) is 5.79. The van der Waals surface area contributed by atoms with Gasteiger partial charge in [0.2, 0.25) is 0 Å². The van der Waals surface area contributed by atoms with Crippen LogP contribution in [0.2, 0.25) is 0 Å². The lowest BCUT2D eigenvalue weighted by Crippen LogP contribution is -2.34. The smallest absolute Gasteiger partial charge is 0.0548 e. The summed E-state index contributed by atoms with van der Waals surface area (Å²) in [7, 11) is 0. The van der Waals surface area contributed by atoms with Crippen LogP contribution in [0, 0.1) is 17.8 Å². The predicted molar refractivity (Wildman–Crippen MR) is 54.4 cm³/mol. The highest BCUT2D eigenvalue weighted by molar-refractivity contribution is 5.12. The summed E-state index contributed by atoms with van der Waals surface area (Å²) in [5.41, 5.74) is 1.43. The first-order chi connectivity index (χ1) is 6.20. The van der Waals surface area contributed by atoms with E-state index in [1.807, 2.05) is 0 Å². The van der Waals surface area contributed by atoms with Gasteiger partial charge in [0.05, 0.1) is 6.10 Å². The summed E-state index contributed by atoms with van der Waals surface area (Å²) in [6, 6.07) is 0. The number of aliphatic hydroxyl groups excluding tert-OH is 1. The zero-order valence-corrected chi connectivity index (χ0v) is 8.50. The normalized spacial score (nSPS) is 44.9.